The number of thioether (sulfide) groups is 1. The molecule has 4 aliphatic rings. The summed E-state index contributed by atoms with van der Waals surface area (Å²) in [5.41, 5.74) is 0.0929. The zero-order valence-corrected chi connectivity index (χ0v) is 14.4. The van der Waals surface area contributed by atoms with Crippen molar-refractivity contribution in [2.45, 2.75) is 61.1 Å². The molecule has 1 aromatic rings. The van der Waals surface area contributed by atoms with Gasteiger partial charge in [0.1, 0.15) is 5.75 Å². The molecule has 4 saturated carbocycles. The maximum absolute atomic E-state index is 12.7. The van der Waals surface area contributed by atoms with Gasteiger partial charge in [0.2, 0.25) is 5.91 Å². The summed E-state index contributed by atoms with van der Waals surface area (Å²) in [5.74, 6) is 2.98. The number of rotatable bonds is 4. The highest BCUT2D eigenvalue weighted by molar-refractivity contribution is 8.00. The van der Waals surface area contributed by atoms with Crippen LogP contribution >= 0.6 is 11.8 Å². The summed E-state index contributed by atoms with van der Waals surface area (Å²) in [4.78, 5) is 13.7. The Hall–Kier alpha value is -1.16. The van der Waals surface area contributed by atoms with Crippen LogP contribution in [0.3, 0.4) is 0 Å². The predicted octanol–water partition coefficient (Wildman–Crippen LogP) is 3.96. The highest BCUT2D eigenvalue weighted by Crippen LogP contribution is 2.55. The predicted molar refractivity (Wildman–Crippen MR) is 92.5 cm³/mol. The van der Waals surface area contributed by atoms with Gasteiger partial charge in [0, 0.05) is 10.4 Å². The van der Waals surface area contributed by atoms with E-state index in [9.17, 15) is 9.90 Å². The number of amides is 1. The summed E-state index contributed by atoms with van der Waals surface area (Å²) in [6.07, 6.45) is 7.77. The summed E-state index contributed by atoms with van der Waals surface area (Å²) < 4.78 is 0. The second kappa shape index (κ2) is 5.73. The molecule has 1 amide bonds. The van der Waals surface area contributed by atoms with Gasteiger partial charge in [-0.3, -0.25) is 4.79 Å². The number of carbonyl (C=O) groups excluding carboxylic acids is 1. The molecule has 0 heterocycles. The highest BCUT2D eigenvalue weighted by Gasteiger charge is 2.51. The summed E-state index contributed by atoms with van der Waals surface area (Å²) in [6, 6.07) is 7.08. The first-order valence-corrected chi connectivity index (χ1v) is 9.67. The first-order valence-electron chi connectivity index (χ1n) is 8.79. The summed E-state index contributed by atoms with van der Waals surface area (Å²) in [5, 5.41) is 12.7. The minimum Gasteiger partial charge on any atom is -0.508 e. The molecule has 0 aliphatic heterocycles. The van der Waals surface area contributed by atoms with Crippen LogP contribution in [0.5, 0.6) is 5.75 Å². The maximum atomic E-state index is 12.7. The maximum Gasteiger partial charge on any atom is 0.233 e. The van der Waals surface area contributed by atoms with Gasteiger partial charge in [0.15, 0.2) is 0 Å². The molecule has 1 aromatic carbocycles. The van der Waals surface area contributed by atoms with E-state index in [-0.39, 0.29) is 22.4 Å². The van der Waals surface area contributed by atoms with Gasteiger partial charge >= 0.3 is 0 Å². The van der Waals surface area contributed by atoms with Crippen molar-refractivity contribution in [2.75, 3.05) is 0 Å². The standard InChI is InChI=1S/C19H25NO2S/c1-12(23-17-4-2-16(21)3-5-17)18(22)20-19-9-13-6-14(10-19)8-15(7-13)11-19/h2-5,12-15,21H,6-11H2,1H3,(H,20,22). The number of phenolic OH excluding ortho intramolecular Hbond substituents is 1. The van der Waals surface area contributed by atoms with Gasteiger partial charge in [-0.25, -0.2) is 0 Å². The number of nitrogens with one attached hydrogen (secondary N) is 1. The fourth-order valence-corrected chi connectivity index (χ4v) is 6.28. The molecule has 5 rings (SSSR count). The molecule has 4 heteroatoms. The van der Waals surface area contributed by atoms with Crippen LogP contribution in [-0.2, 0) is 4.79 Å². The van der Waals surface area contributed by atoms with E-state index in [0.717, 1.165) is 22.6 Å². The van der Waals surface area contributed by atoms with E-state index in [4.69, 9.17) is 0 Å². The molecule has 0 aromatic heterocycles. The number of aromatic hydroxyl groups is 1. The molecule has 1 atom stereocenters. The van der Waals surface area contributed by atoms with Crippen molar-refractivity contribution in [3.63, 3.8) is 0 Å². The average molecular weight is 331 g/mol. The fraction of sp³-hybridized carbons (Fsp3) is 0.632. The number of benzene rings is 1. The monoisotopic (exact) mass is 331 g/mol. The number of carbonyl (C=O) groups is 1. The minimum atomic E-state index is -0.104. The third-order valence-corrected chi connectivity index (χ3v) is 7.06. The second-order valence-corrected chi connectivity index (χ2v) is 9.36. The summed E-state index contributed by atoms with van der Waals surface area (Å²) >= 11 is 1.57. The molecule has 1 unspecified atom stereocenters. The highest BCUT2D eigenvalue weighted by atomic mass is 32.2. The molecular weight excluding hydrogens is 306 g/mol. The van der Waals surface area contributed by atoms with Crippen LogP contribution < -0.4 is 5.32 Å². The van der Waals surface area contributed by atoms with Crippen LogP contribution in [-0.4, -0.2) is 21.8 Å². The Morgan fingerprint density at radius 3 is 2.17 bits per heavy atom. The minimum absolute atomic E-state index is 0.0929. The van der Waals surface area contributed by atoms with Gasteiger partial charge in [-0.2, -0.15) is 0 Å². The van der Waals surface area contributed by atoms with Crippen molar-refractivity contribution in [3.05, 3.63) is 24.3 Å². The van der Waals surface area contributed by atoms with Crippen molar-refractivity contribution in [3.8, 4) is 5.75 Å². The SMILES string of the molecule is CC(Sc1ccc(O)cc1)C(=O)NC12CC3CC(CC(C3)C1)C2. The average Bonchev–Trinajstić information content (AvgIpc) is 2.47. The van der Waals surface area contributed by atoms with E-state index in [2.05, 4.69) is 5.32 Å². The number of phenols is 1. The lowest BCUT2D eigenvalue weighted by Gasteiger charge is -2.57. The second-order valence-electron chi connectivity index (χ2n) is 7.94. The van der Waals surface area contributed by atoms with E-state index >= 15 is 0 Å². The molecular formula is C19H25NO2S. The zero-order valence-electron chi connectivity index (χ0n) is 13.6. The Labute approximate surface area is 142 Å². The quantitative estimate of drug-likeness (QED) is 0.821. The zero-order chi connectivity index (χ0) is 16.0. The van der Waals surface area contributed by atoms with Crippen molar-refractivity contribution < 1.29 is 9.90 Å². The van der Waals surface area contributed by atoms with Gasteiger partial charge in [0.25, 0.3) is 0 Å². The van der Waals surface area contributed by atoms with Gasteiger partial charge < -0.3 is 10.4 Å². The molecule has 4 aliphatic carbocycles. The Kier molecular flexibility index (Phi) is 3.83. The molecule has 23 heavy (non-hydrogen) atoms. The Bertz CT molecular complexity index is 563. The first kappa shape index (κ1) is 15.4. The topological polar surface area (TPSA) is 49.3 Å². The number of hydrogen-bond acceptors (Lipinski definition) is 3. The van der Waals surface area contributed by atoms with Crippen molar-refractivity contribution in [1.82, 2.24) is 5.32 Å². The van der Waals surface area contributed by atoms with Crippen molar-refractivity contribution >= 4 is 17.7 Å². The van der Waals surface area contributed by atoms with Crippen LogP contribution in [0.4, 0.5) is 0 Å². The molecule has 4 bridgehead atoms. The largest absolute Gasteiger partial charge is 0.508 e. The Balaban J connectivity index is 1.40. The van der Waals surface area contributed by atoms with Gasteiger partial charge in [0.05, 0.1) is 5.25 Å². The lowest BCUT2D eigenvalue weighted by molar-refractivity contribution is -0.126. The molecule has 124 valence electrons. The first-order chi connectivity index (χ1) is 11.0. The fourth-order valence-electron chi connectivity index (χ4n) is 5.41. The third-order valence-electron chi connectivity index (χ3n) is 5.95. The van der Waals surface area contributed by atoms with Crippen LogP contribution in [0.2, 0.25) is 0 Å². The van der Waals surface area contributed by atoms with Gasteiger partial charge in [-0.05, 0) is 87.5 Å². The number of hydrogen-bond donors (Lipinski definition) is 2. The summed E-state index contributed by atoms with van der Waals surface area (Å²) in [7, 11) is 0. The van der Waals surface area contributed by atoms with E-state index in [0.29, 0.717) is 0 Å². The van der Waals surface area contributed by atoms with Crippen molar-refractivity contribution in [1.29, 1.82) is 0 Å². The molecule has 0 saturated heterocycles. The summed E-state index contributed by atoms with van der Waals surface area (Å²) in [6.45, 7) is 1.98. The normalized spacial score (nSPS) is 36.0. The molecule has 2 N–H and O–H groups in total. The van der Waals surface area contributed by atoms with Gasteiger partial charge in [-0.1, -0.05) is 0 Å². The van der Waals surface area contributed by atoms with Crippen molar-refractivity contribution in [2.24, 2.45) is 17.8 Å². The molecule has 0 radical (unpaired) electrons. The van der Waals surface area contributed by atoms with E-state index in [1.807, 2.05) is 19.1 Å². The Morgan fingerprint density at radius 1 is 1.13 bits per heavy atom. The lowest BCUT2D eigenvalue weighted by Crippen LogP contribution is -2.60. The van der Waals surface area contributed by atoms with Gasteiger partial charge in [-0.15, -0.1) is 11.8 Å². The van der Waals surface area contributed by atoms with E-state index < -0.39 is 0 Å². The van der Waals surface area contributed by atoms with Crippen LogP contribution in [0.1, 0.15) is 45.4 Å². The van der Waals surface area contributed by atoms with Crippen LogP contribution in [0, 0.1) is 17.8 Å². The molecule has 0 spiro atoms. The van der Waals surface area contributed by atoms with E-state index in [1.165, 1.54) is 38.5 Å². The third kappa shape index (κ3) is 3.10. The lowest BCUT2D eigenvalue weighted by atomic mass is 9.53. The smallest absolute Gasteiger partial charge is 0.233 e. The molecule has 3 nitrogen and oxygen atoms in total. The van der Waals surface area contributed by atoms with Crippen LogP contribution in [0.25, 0.3) is 0 Å². The van der Waals surface area contributed by atoms with E-state index in [1.54, 1.807) is 23.9 Å². The Morgan fingerprint density at radius 2 is 1.65 bits per heavy atom. The van der Waals surface area contributed by atoms with Crippen LogP contribution in [0.15, 0.2) is 29.2 Å². The molecule has 4 fully saturated rings.